The molecule has 1 fully saturated rings. The van der Waals surface area contributed by atoms with Gasteiger partial charge in [-0.2, -0.15) is 0 Å². The van der Waals surface area contributed by atoms with E-state index < -0.39 is 0 Å². The molecule has 0 radical (unpaired) electrons. The molecule has 1 aliphatic heterocycles. The molecule has 1 saturated heterocycles. The van der Waals surface area contributed by atoms with Crippen LogP contribution in [0.1, 0.15) is 19.4 Å². The third-order valence-electron chi connectivity index (χ3n) is 4.71. The number of nitrogens with zero attached hydrogens (tertiary/aromatic N) is 3. The van der Waals surface area contributed by atoms with Gasteiger partial charge in [0.05, 0.1) is 6.61 Å². The number of benzene rings is 1. The highest BCUT2D eigenvalue weighted by atomic mass is 16.5. The third-order valence-corrected chi connectivity index (χ3v) is 4.71. The van der Waals surface area contributed by atoms with Crippen LogP contribution in [0.3, 0.4) is 0 Å². The first-order chi connectivity index (χ1) is 13.7. The van der Waals surface area contributed by atoms with E-state index in [1.807, 2.05) is 42.2 Å². The quantitative estimate of drug-likeness (QED) is 0.794. The van der Waals surface area contributed by atoms with Crippen LogP contribution in [0.15, 0.2) is 42.6 Å². The largest absolute Gasteiger partial charge is 0.490 e. The predicted molar refractivity (Wildman–Crippen MR) is 108 cm³/mol. The normalized spacial score (nSPS) is 14.6. The van der Waals surface area contributed by atoms with Crippen LogP contribution in [-0.4, -0.2) is 60.1 Å². The molecule has 7 heteroatoms. The zero-order chi connectivity index (χ0) is 19.8. The molecule has 0 unspecified atom stereocenters. The lowest BCUT2D eigenvalue weighted by Crippen LogP contribution is -2.51. The fourth-order valence-corrected chi connectivity index (χ4v) is 3.05. The van der Waals surface area contributed by atoms with Crippen molar-refractivity contribution in [2.45, 2.75) is 20.4 Å². The van der Waals surface area contributed by atoms with Gasteiger partial charge in [0, 0.05) is 45.0 Å². The number of para-hydroxylation sites is 2. The lowest BCUT2D eigenvalue weighted by molar-refractivity contribution is 0.142. The van der Waals surface area contributed by atoms with Crippen molar-refractivity contribution in [3.8, 4) is 17.4 Å². The van der Waals surface area contributed by atoms with Crippen molar-refractivity contribution in [1.29, 1.82) is 0 Å². The van der Waals surface area contributed by atoms with E-state index >= 15 is 0 Å². The smallest absolute Gasteiger partial charge is 0.317 e. The number of amides is 2. The highest BCUT2D eigenvalue weighted by Crippen LogP contribution is 2.30. The number of likely N-dealkylation sites (N-methyl/N-ethyl adjacent to an activating group) is 1. The van der Waals surface area contributed by atoms with E-state index in [1.165, 1.54) is 0 Å². The zero-order valence-corrected chi connectivity index (χ0v) is 16.6. The monoisotopic (exact) mass is 384 g/mol. The molecule has 28 heavy (non-hydrogen) atoms. The Morgan fingerprint density at radius 1 is 1.07 bits per heavy atom. The highest BCUT2D eigenvalue weighted by molar-refractivity contribution is 5.74. The Bertz CT molecular complexity index is 759. The highest BCUT2D eigenvalue weighted by Gasteiger charge is 2.19. The van der Waals surface area contributed by atoms with Gasteiger partial charge in [0.1, 0.15) is 0 Å². The third kappa shape index (κ3) is 5.36. The number of pyridine rings is 1. The zero-order valence-electron chi connectivity index (χ0n) is 16.6. The van der Waals surface area contributed by atoms with E-state index in [9.17, 15) is 4.79 Å². The van der Waals surface area contributed by atoms with Gasteiger partial charge in [-0.25, -0.2) is 9.78 Å². The summed E-state index contributed by atoms with van der Waals surface area (Å²) >= 11 is 0. The minimum atomic E-state index is -0.0262. The second kappa shape index (κ2) is 9.94. The van der Waals surface area contributed by atoms with Crippen LogP contribution in [0.4, 0.5) is 4.79 Å². The number of urea groups is 1. The van der Waals surface area contributed by atoms with Crippen molar-refractivity contribution in [3.05, 3.63) is 48.2 Å². The van der Waals surface area contributed by atoms with Gasteiger partial charge in [0.2, 0.25) is 5.88 Å². The van der Waals surface area contributed by atoms with Gasteiger partial charge < -0.3 is 24.6 Å². The second-order valence-corrected chi connectivity index (χ2v) is 6.57. The molecule has 1 aliphatic rings. The van der Waals surface area contributed by atoms with Crippen molar-refractivity contribution in [1.82, 2.24) is 20.1 Å². The predicted octanol–water partition coefficient (Wildman–Crippen LogP) is 3.12. The SMILES string of the molecule is CCOc1ccccc1Oc1ccc(CNC(=O)N2CCN(CC)CC2)cn1. The van der Waals surface area contributed by atoms with Crippen LogP contribution in [0.25, 0.3) is 0 Å². The fraction of sp³-hybridized carbons (Fsp3) is 0.429. The van der Waals surface area contributed by atoms with E-state index in [-0.39, 0.29) is 6.03 Å². The van der Waals surface area contributed by atoms with Gasteiger partial charge >= 0.3 is 6.03 Å². The number of aromatic nitrogens is 1. The number of hydrogen-bond donors (Lipinski definition) is 1. The molecule has 150 valence electrons. The van der Waals surface area contributed by atoms with Crippen molar-refractivity contribution in [2.24, 2.45) is 0 Å². The average Bonchev–Trinajstić information content (AvgIpc) is 2.74. The topological polar surface area (TPSA) is 66.9 Å². The fourth-order valence-electron chi connectivity index (χ4n) is 3.05. The molecule has 0 saturated carbocycles. The number of carbonyl (C=O) groups is 1. The first-order valence-corrected chi connectivity index (χ1v) is 9.79. The van der Waals surface area contributed by atoms with Crippen LogP contribution < -0.4 is 14.8 Å². The Labute approximate surface area is 166 Å². The first-order valence-electron chi connectivity index (χ1n) is 9.79. The van der Waals surface area contributed by atoms with Crippen molar-refractivity contribution in [2.75, 3.05) is 39.3 Å². The molecule has 0 bridgehead atoms. The Morgan fingerprint density at radius 2 is 1.82 bits per heavy atom. The summed E-state index contributed by atoms with van der Waals surface area (Å²) < 4.78 is 11.4. The van der Waals surface area contributed by atoms with Crippen molar-refractivity contribution in [3.63, 3.8) is 0 Å². The van der Waals surface area contributed by atoms with Gasteiger partial charge in [-0.3, -0.25) is 0 Å². The molecule has 2 aromatic rings. The van der Waals surface area contributed by atoms with Crippen LogP contribution in [0, 0.1) is 0 Å². The molecule has 2 amide bonds. The summed E-state index contributed by atoms with van der Waals surface area (Å²) in [5.74, 6) is 1.80. The van der Waals surface area contributed by atoms with Crippen molar-refractivity contribution < 1.29 is 14.3 Å². The molecule has 0 atom stereocenters. The summed E-state index contributed by atoms with van der Waals surface area (Å²) in [7, 11) is 0. The van der Waals surface area contributed by atoms with Crippen LogP contribution in [0.2, 0.25) is 0 Å². The van der Waals surface area contributed by atoms with Gasteiger partial charge in [-0.1, -0.05) is 25.1 Å². The first kappa shape index (κ1) is 19.9. The van der Waals surface area contributed by atoms with Gasteiger partial charge in [0.15, 0.2) is 11.5 Å². The summed E-state index contributed by atoms with van der Waals surface area (Å²) in [6.07, 6.45) is 1.72. The molecule has 2 heterocycles. The molecule has 1 aromatic heterocycles. The van der Waals surface area contributed by atoms with Crippen LogP contribution in [0.5, 0.6) is 17.4 Å². The van der Waals surface area contributed by atoms with E-state index in [4.69, 9.17) is 9.47 Å². The molecular weight excluding hydrogens is 356 g/mol. The summed E-state index contributed by atoms with van der Waals surface area (Å²) in [5.41, 5.74) is 0.922. The van der Waals surface area contributed by atoms with Crippen LogP contribution in [-0.2, 0) is 6.54 Å². The lowest BCUT2D eigenvalue weighted by Gasteiger charge is -2.34. The van der Waals surface area contributed by atoms with Crippen LogP contribution >= 0.6 is 0 Å². The Kier molecular flexibility index (Phi) is 7.08. The average molecular weight is 384 g/mol. The van der Waals surface area contributed by atoms with Gasteiger partial charge in [0.25, 0.3) is 0 Å². The molecular formula is C21H28N4O3. The number of nitrogens with one attached hydrogen (secondary N) is 1. The van der Waals surface area contributed by atoms with Gasteiger partial charge in [-0.05, 0) is 31.2 Å². The Morgan fingerprint density at radius 3 is 2.46 bits per heavy atom. The Hall–Kier alpha value is -2.80. The number of piperazine rings is 1. The molecule has 1 N–H and O–H groups in total. The number of hydrogen-bond acceptors (Lipinski definition) is 5. The molecule has 7 nitrogen and oxygen atoms in total. The molecule has 1 aromatic carbocycles. The molecule has 0 spiro atoms. The standard InChI is InChI=1S/C21H28N4O3/c1-3-24-11-13-25(14-12-24)21(26)23-16-17-9-10-20(22-15-17)28-19-8-6-5-7-18(19)27-4-2/h5-10,15H,3-4,11-14,16H2,1-2H3,(H,23,26). The number of rotatable bonds is 7. The number of carbonyl (C=O) groups excluding carboxylic acids is 1. The second-order valence-electron chi connectivity index (χ2n) is 6.57. The summed E-state index contributed by atoms with van der Waals surface area (Å²) in [5, 5.41) is 2.96. The van der Waals surface area contributed by atoms with E-state index in [1.54, 1.807) is 12.3 Å². The minimum Gasteiger partial charge on any atom is -0.490 e. The number of ether oxygens (including phenoxy) is 2. The van der Waals surface area contributed by atoms with E-state index in [0.717, 1.165) is 38.3 Å². The van der Waals surface area contributed by atoms with E-state index in [0.29, 0.717) is 30.5 Å². The van der Waals surface area contributed by atoms with Gasteiger partial charge in [-0.15, -0.1) is 0 Å². The maximum absolute atomic E-state index is 12.3. The summed E-state index contributed by atoms with van der Waals surface area (Å²) in [6.45, 7) is 9.52. The summed E-state index contributed by atoms with van der Waals surface area (Å²) in [6, 6.07) is 11.2. The Balaban J connectivity index is 1.50. The maximum Gasteiger partial charge on any atom is 0.317 e. The van der Waals surface area contributed by atoms with Crippen molar-refractivity contribution >= 4 is 6.03 Å². The molecule has 3 rings (SSSR count). The lowest BCUT2D eigenvalue weighted by atomic mass is 10.3. The maximum atomic E-state index is 12.3. The molecule has 0 aliphatic carbocycles. The summed E-state index contributed by atoms with van der Waals surface area (Å²) in [4.78, 5) is 20.9. The minimum absolute atomic E-state index is 0.0262. The van der Waals surface area contributed by atoms with E-state index in [2.05, 4.69) is 22.1 Å².